The van der Waals surface area contributed by atoms with Gasteiger partial charge in [-0.3, -0.25) is 4.90 Å². The highest BCUT2D eigenvalue weighted by atomic mass is 35.5. The Balaban J connectivity index is 1.32. The molecule has 4 heterocycles. The Morgan fingerprint density at radius 1 is 1.00 bits per heavy atom. The zero-order valence-electron chi connectivity index (χ0n) is 23.4. The van der Waals surface area contributed by atoms with Gasteiger partial charge in [-0.1, -0.05) is 23.2 Å². The molecule has 9 heteroatoms. The average molecular weight is 585 g/mol. The monoisotopic (exact) mass is 583 g/mol. The van der Waals surface area contributed by atoms with E-state index in [1.54, 1.807) is 12.3 Å². The molecule has 0 aliphatic carbocycles. The molecule has 0 atom stereocenters. The van der Waals surface area contributed by atoms with E-state index in [0.29, 0.717) is 27.6 Å². The number of halogens is 2. The van der Waals surface area contributed by atoms with Crippen molar-refractivity contribution in [3.8, 4) is 22.9 Å². The first-order valence-corrected chi connectivity index (χ1v) is 15.0. The lowest BCUT2D eigenvalue weighted by Crippen LogP contribution is -2.43. The maximum absolute atomic E-state index is 10.1. The molecule has 2 fully saturated rings. The van der Waals surface area contributed by atoms with Crippen molar-refractivity contribution in [1.82, 2.24) is 20.2 Å². The summed E-state index contributed by atoms with van der Waals surface area (Å²) < 4.78 is 6.24. The number of aromatic nitrogens is 2. The smallest absolute Gasteiger partial charge is 0.220 e. The Labute approximate surface area is 247 Å². The number of nitrogens with one attached hydrogen (secondary N) is 1. The van der Waals surface area contributed by atoms with Crippen molar-refractivity contribution in [3.63, 3.8) is 0 Å². The fourth-order valence-corrected chi connectivity index (χ4v) is 5.96. The molecule has 3 aromatic rings. The number of benzene rings is 1. The number of aliphatic hydroxyl groups is 1. The van der Waals surface area contributed by atoms with Crippen molar-refractivity contribution in [2.24, 2.45) is 5.92 Å². The highest BCUT2D eigenvalue weighted by Crippen LogP contribution is 2.32. The van der Waals surface area contributed by atoms with Crippen LogP contribution in [-0.4, -0.2) is 64.8 Å². The molecule has 0 spiro atoms. The summed E-state index contributed by atoms with van der Waals surface area (Å²) in [6.07, 6.45) is 5.98. The van der Waals surface area contributed by atoms with E-state index in [2.05, 4.69) is 26.2 Å². The molecule has 2 N–H and O–H groups in total. The highest BCUT2D eigenvalue weighted by molar-refractivity contribution is 6.35. The summed E-state index contributed by atoms with van der Waals surface area (Å²) in [6, 6.07) is 13.5. The molecular formula is C31H39Cl2N5O2. The Hall–Kier alpha value is -2.42. The maximum Gasteiger partial charge on any atom is 0.220 e. The van der Waals surface area contributed by atoms with Gasteiger partial charge < -0.3 is 20.1 Å². The number of likely N-dealkylation sites (tertiary alicyclic amines) is 1. The third-order valence-corrected chi connectivity index (χ3v) is 8.12. The van der Waals surface area contributed by atoms with E-state index in [4.69, 9.17) is 32.9 Å². The van der Waals surface area contributed by atoms with Crippen LogP contribution in [0.2, 0.25) is 10.0 Å². The minimum atomic E-state index is -0.592. The van der Waals surface area contributed by atoms with Crippen molar-refractivity contribution >= 4 is 29.0 Å². The van der Waals surface area contributed by atoms with Gasteiger partial charge in [0, 0.05) is 54.4 Å². The third-order valence-electron chi connectivity index (χ3n) is 7.68. The van der Waals surface area contributed by atoms with E-state index >= 15 is 0 Å². The lowest BCUT2D eigenvalue weighted by Gasteiger charge is -2.33. The Morgan fingerprint density at radius 3 is 2.38 bits per heavy atom. The Kier molecular flexibility index (Phi) is 9.49. The second-order valence-corrected chi connectivity index (χ2v) is 12.5. The molecular weight excluding hydrogens is 545 g/mol. The highest BCUT2D eigenvalue weighted by Gasteiger charge is 2.23. The van der Waals surface area contributed by atoms with Crippen LogP contribution in [0.3, 0.4) is 0 Å². The largest absolute Gasteiger partial charge is 0.437 e. The fraction of sp³-hybridized carbons (Fsp3) is 0.484. The van der Waals surface area contributed by atoms with E-state index in [1.807, 2.05) is 44.2 Å². The summed E-state index contributed by atoms with van der Waals surface area (Å²) in [6.45, 7) is 10.5. The third kappa shape index (κ3) is 8.30. The van der Waals surface area contributed by atoms with Crippen LogP contribution in [0.4, 0.5) is 5.82 Å². The molecule has 0 radical (unpaired) electrons. The van der Waals surface area contributed by atoms with Crippen molar-refractivity contribution < 1.29 is 9.84 Å². The Bertz CT molecular complexity index is 1250. The lowest BCUT2D eigenvalue weighted by atomic mass is 9.88. The summed E-state index contributed by atoms with van der Waals surface area (Å²) in [5, 5.41) is 14.6. The van der Waals surface area contributed by atoms with Crippen molar-refractivity contribution in [3.05, 3.63) is 64.3 Å². The molecule has 5 rings (SSSR count). The van der Waals surface area contributed by atoms with E-state index in [0.717, 1.165) is 94.1 Å². The molecule has 214 valence electrons. The molecule has 7 nitrogen and oxygen atoms in total. The molecule has 0 bridgehead atoms. The zero-order chi connectivity index (χ0) is 28.1. The molecule has 2 aliphatic rings. The van der Waals surface area contributed by atoms with Gasteiger partial charge in [-0.2, -0.15) is 0 Å². The van der Waals surface area contributed by atoms with Crippen LogP contribution in [0.5, 0.6) is 11.6 Å². The van der Waals surface area contributed by atoms with Gasteiger partial charge in [-0.25, -0.2) is 9.97 Å². The van der Waals surface area contributed by atoms with E-state index in [9.17, 15) is 5.11 Å². The quantitative estimate of drug-likeness (QED) is 0.301. The minimum Gasteiger partial charge on any atom is -0.437 e. The number of piperazine rings is 1. The number of rotatable bonds is 9. The SMILES string of the molecule is CC(C)(O)CCC1CCN(Cc2cc(Oc3ccc(N4CCNCC4)nc3)nc(-c3cc(Cl)cc(Cl)c3)c2)CC1. The van der Waals surface area contributed by atoms with Crippen LogP contribution >= 0.6 is 23.2 Å². The number of piperidine rings is 1. The fourth-order valence-electron chi connectivity index (χ4n) is 5.44. The molecule has 2 aromatic heterocycles. The topological polar surface area (TPSA) is 73.8 Å². The summed E-state index contributed by atoms with van der Waals surface area (Å²) in [5.41, 5.74) is 2.14. The van der Waals surface area contributed by atoms with Crippen molar-refractivity contribution in [2.45, 2.75) is 51.7 Å². The molecule has 0 amide bonds. The molecule has 40 heavy (non-hydrogen) atoms. The molecule has 2 saturated heterocycles. The second kappa shape index (κ2) is 13.0. The number of nitrogens with zero attached hydrogens (tertiary/aromatic N) is 4. The average Bonchev–Trinajstić information content (AvgIpc) is 2.92. The molecule has 2 aliphatic heterocycles. The van der Waals surface area contributed by atoms with E-state index in [-0.39, 0.29) is 0 Å². The van der Waals surface area contributed by atoms with Gasteiger partial charge in [0.15, 0.2) is 0 Å². The van der Waals surface area contributed by atoms with Crippen LogP contribution < -0.4 is 15.0 Å². The lowest BCUT2D eigenvalue weighted by molar-refractivity contribution is 0.0575. The maximum atomic E-state index is 10.1. The van der Waals surface area contributed by atoms with Crippen LogP contribution in [0.1, 0.15) is 45.1 Å². The number of pyridine rings is 2. The first-order chi connectivity index (χ1) is 19.2. The summed E-state index contributed by atoms with van der Waals surface area (Å²) >= 11 is 12.7. The van der Waals surface area contributed by atoms with Gasteiger partial charge in [0.1, 0.15) is 11.6 Å². The summed E-state index contributed by atoms with van der Waals surface area (Å²) in [4.78, 5) is 14.2. The first kappa shape index (κ1) is 29.1. The molecule has 0 unspecified atom stereocenters. The predicted molar refractivity (Wildman–Crippen MR) is 163 cm³/mol. The van der Waals surface area contributed by atoms with E-state index in [1.165, 1.54) is 0 Å². The van der Waals surface area contributed by atoms with Gasteiger partial charge in [-0.15, -0.1) is 0 Å². The minimum absolute atomic E-state index is 0.514. The van der Waals surface area contributed by atoms with Crippen LogP contribution in [0.25, 0.3) is 11.3 Å². The zero-order valence-corrected chi connectivity index (χ0v) is 24.9. The standard InChI is InChI=1S/C31H39Cl2N5O2/c1-31(2,39)8-5-22-6-11-37(12-7-22)21-23-15-28(24-17-25(32)19-26(33)18-24)36-30(16-23)40-27-3-4-29(35-20-27)38-13-9-34-10-14-38/h3-4,15-20,22,34,39H,5-14,21H2,1-2H3. The number of ether oxygens (including phenoxy) is 1. The number of anilines is 1. The molecule has 1 aromatic carbocycles. The Morgan fingerprint density at radius 2 is 1.73 bits per heavy atom. The van der Waals surface area contributed by atoms with Gasteiger partial charge in [-0.05, 0) is 100 Å². The summed E-state index contributed by atoms with van der Waals surface area (Å²) in [7, 11) is 0. The summed E-state index contributed by atoms with van der Waals surface area (Å²) in [5.74, 6) is 2.78. The van der Waals surface area contributed by atoms with Crippen LogP contribution in [0.15, 0.2) is 48.7 Å². The van der Waals surface area contributed by atoms with Gasteiger partial charge in [0.25, 0.3) is 0 Å². The van der Waals surface area contributed by atoms with Crippen LogP contribution in [0, 0.1) is 5.92 Å². The molecule has 0 saturated carbocycles. The predicted octanol–water partition coefficient (Wildman–Crippen LogP) is 6.42. The second-order valence-electron chi connectivity index (χ2n) is 11.6. The van der Waals surface area contributed by atoms with Crippen LogP contribution in [-0.2, 0) is 6.54 Å². The van der Waals surface area contributed by atoms with E-state index < -0.39 is 5.60 Å². The van der Waals surface area contributed by atoms with Crippen molar-refractivity contribution in [2.75, 3.05) is 44.2 Å². The number of hydrogen-bond donors (Lipinski definition) is 2. The van der Waals surface area contributed by atoms with Gasteiger partial charge in [0.2, 0.25) is 5.88 Å². The normalized spacial score (nSPS) is 17.3. The van der Waals surface area contributed by atoms with Gasteiger partial charge >= 0.3 is 0 Å². The van der Waals surface area contributed by atoms with Crippen molar-refractivity contribution in [1.29, 1.82) is 0 Å². The van der Waals surface area contributed by atoms with Gasteiger partial charge in [0.05, 0.1) is 17.5 Å². The first-order valence-electron chi connectivity index (χ1n) is 14.2. The number of hydrogen-bond acceptors (Lipinski definition) is 7.